The molecular formula is C14H11ClN2O. The Morgan fingerprint density at radius 3 is 2.67 bits per heavy atom. The first kappa shape index (κ1) is 12.5. The zero-order chi connectivity index (χ0) is 10.5. The average Bonchev–Trinajstić information content (AvgIpc) is 2.91. The van der Waals surface area contributed by atoms with Crippen molar-refractivity contribution in [2.45, 2.75) is 0 Å². The highest BCUT2D eigenvalue weighted by Crippen LogP contribution is 2.16. The topological polar surface area (TPSA) is 56.2 Å². The number of aliphatic imine (C=N–C) groups is 1. The summed E-state index contributed by atoms with van der Waals surface area (Å²) < 4.78 is 0. The summed E-state index contributed by atoms with van der Waals surface area (Å²) >= 11 is 0. The van der Waals surface area contributed by atoms with E-state index in [0.717, 1.165) is 11.0 Å². The second-order valence-corrected chi connectivity index (χ2v) is 4.00. The molecule has 2 aliphatic rings. The zero-order valence-electron chi connectivity index (χ0n) is 9.42. The number of halogens is 1. The molecule has 3 nitrogen and oxygen atoms in total. The van der Waals surface area contributed by atoms with Crippen LogP contribution in [0.5, 0.6) is 0 Å². The minimum atomic E-state index is 0. The Hall–Kier alpha value is -1.97. The van der Waals surface area contributed by atoms with Crippen molar-refractivity contribution < 1.29 is 5.48 Å². The molecule has 0 atom stereocenters. The van der Waals surface area contributed by atoms with Gasteiger partial charge < -0.3 is 5.48 Å². The lowest BCUT2D eigenvalue weighted by molar-refractivity contribution is 0.824. The molecule has 2 aliphatic heterocycles. The van der Waals surface area contributed by atoms with E-state index in [-0.39, 0.29) is 17.9 Å². The summed E-state index contributed by atoms with van der Waals surface area (Å²) in [6.45, 7) is 0. The molecule has 0 aromatic heterocycles. The van der Waals surface area contributed by atoms with Gasteiger partial charge in [-0.2, -0.15) is 0 Å². The molecule has 90 valence electrons. The van der Waals surface area contributed by atoms with Crippen LogP contribution in [0.15, 0.2) is 46.4 Å². The highest BCUT2D eigenvalue weighted by atomic mass is 35.5. The molecule has 0 spiro atoms. The largest absolute Gasteiger partial charge is 0.412 e. The molecule has 2 aromatic carbocycles. The molecule has 0 amide bonds. The Labute approximate surface area is 109 Å². The fraction of sp³-hybridized carbons (Fsp3) is 0. The molecule has 0 radical (unpaired) electrons. The summed E-state index contributed by atoms with van der Waals surface area (Å²) in [6.07, 6.45) is 3.82. The Morgan fingerprint density at radius 1 is 0.944 bits per heavy atom. The zero-order valence-corrected chi connectivity index (χ0v) is 10.2. The van der Waals surface area contributed by atoms with Gasteiger partial charge in [-0.1, -0.05) is 24.3 Å². The van der Waals surface area contributed by atoms with E-state index >= 15 is 0 Å². The van der Waals surface area contributed by atoms with Crippen molar-refractivity contribution in [2.75, 3.05) is 0 Å². The van der Waals surface area contributed by atoms with Gasteiger partial charge in [0.1, 0.15) is 0 Å². The number of rotatable bonds is 0. The summed E-state index contributed by atoms with van der Waals surface area (Å²) in [7, 11) is 0. The van der Waals surface area contributed by atoms with Gasteiger partial charge in [0, 0.05) is 33.6 Å². The van der Waals surface area contributed by atoms with E-state index in [9.17, 15) is 0 Å². The highest BCUT2D eigenvalue weighted by Gasteiger charge is 2.08. The van der Waals surface area contributed by atoms with Crippen molar-refractivity contribution in [1.29, 1.82) is 0 Å². The van der Waals surface area contributed by atoms with Crippen LogP contribution < -0.4 is 10.6 Å². The summed E-state index contributed by atoms with van der Waals surface area (Å²) in [5.41, 5.74) is 2.24. The van der Waals surface area contributed by atoms with Crippen LogP contribution in [0.2, 0.25) is 0 Å². The molecule has 2 N–H and O–H groups in total. The van der Waals surface area contributed by atoms with Gasteiger partial charge in [0.15, 0.2) is 0 Å². The average molecular weight is 259 g/mol. The second-order valence-electron chi connectivity index (χ2n) is 4.00. The van der Waals surface area contributed by atoms with Crippen LogP contribution in [-0.2, 0) is 0 Å². The van der Waals surface area contributed by atoms with Crippen LogP contribution in [0, 0.1) is 10.4 Å². The molecule has 0 fully saturated rings. The third kappa shape index (κ3) is 1.49. The van der Waals surface area contributed by atoms with Crippen molar-refractivity contribution in [1.82, 2.24) is 0 Å². The van der Waals surface area contributed by atoms with Crippen LogP contribution in [0.1, 0.15) is 5.56 Å². The molecule has 0 bridgehead atoms. The van der Waals surface area contributed by atoms with E-state index in [1.807, 2.05) is 18.5 Å². The lowest BCUT2D eigenvalue weighted by Gasteiger charge is -1.93. The minimum Gasteiger partial charge on any atom is -0.412 e. The van der Waals surface area contributed by atoms with E-state index in [0.29, 0.717) is 0 Å². The van der Waals surface area contributed by atoms with Crippen molar-refractivity contribution in [3.8, 4) is 0 Å². The third-order valence-corrected chi connectivity index (χ3v) is 3.09. The molecule has 2 aromatic rings. The quantitative estimate of drug-likeness (QED) is 0.578. The fourth-order valence-electron chi connectivity index (χ4n) is 2.36. The van der Waals surface area contributed by atoms with Crippen molar-refractivity contribution in [3.05, 3.63) is 63.0 Å². The molecule has 2 heterocycles. The van der Waals surface area contributed by atoms with Crippen molar-refractivity contribution in [3.63, 3.8) is 0 Å². The second kappa shape index (κ2) is 4.37. The number of fused-ring (bicyclic) bond motifs is 4. The van der Waals surface area contributed by atoms with E-state index in [4.69, 9.17) is 0 Å². The van der Waals surface area contributed by atoms with Gasteiger partial charge in [-0.15, -0.1) is 12.4 Å². The molecule has 0 saturated carbocycles. The fourth-order valence-corrected chi connectivity index (χ4v) is 2.36. The summed E-state index contributed by atoms with van der Waals surface area (Å²) in [5, 5.41) is 4.71. The van der Waals surface area contributed by atoms with Gasteiger partial charge in [0.2, 0.25) is 0 Å². The monoisotopic (exact) mass is 258 g/mol. The van der Waals surface area contributed by atoms with E-state index in [1.165, 1.54) is 21.2 Å². The van der Waals surface area contributed by atoms with E-state index < -0.39 is 0 Å². The third-order valence-electron chi connectivity index (χ3n) is 3.09. The number of hydrogen-bond acceptors (Lipinski definition) is 2. The van der Waals surface area contributed by atoms with Gasteiger partial charge in [-0.05, 0) is 12.1 Å². The number of benzene rings is 2. The van der Waals surface area contributed by atoms with Crippen LogP contribution in [0.4, 0.5) is 5.69 Å². The summed E-state index contributed by atoms with van der Waals surface area (Å²) in [6, 6.07) is 12.4. The Balaban J connectivity index is 0.000000602. The van der Waals surface area contributed by atoms with E-state index in [1.54, 1.807) is 0 Å². The Morgan fingerprint density at radius 2 is 1.78 bits per heavy atom. The van der Waals surface area contributed by atoms with Gasteiger partial charge in [0.05, 0.1) is 11.0 Å². The minimum absolute atomic E-state index is 0. The molecule has 4 heteroatoms. The van der Waals surface area contributed by atoms with Crippen LogP contribution in [-0.4, -0.2) is 11.7 Å². The van der Waals surface area contributed by atoms with Gasteiger partial charge in [0.25, 0.3) is 0 Å². The van der Waals surface area contributed by atoms with Crippen molar-refractivity contribution in [2.24, 2.45) is 9.98 Å². The standard InChI is InChI=1S/C14H8N2.ClH.H2O/c1-2-4-12-10(3-1)14-11-8-15-7-9(11)5-6-13(14)16-12;;/h1-8H;1H;1H2. The molecule has 0 unspecified atom stereocenters. The first-order valence-corrected chi connectivity index (χ1v) is 5.28. The summed E-state index contributed by atoms with van der Waals surface area (Å²) in [4.78, 5) is 8.83. The SMILES string of the molecule is C1=NC=c2c1ccc1c2=c2ccccc2=N1.Cl.O. The molecule has 4 rings (SSSR count). The molecule has 0 saturated heterocycles. The van der Waals surface area contributed by atoms with Crippen molar-refractivity contribution >= 4 is 30.5 Å². The lowest BCUT2D eigenvalue weighted by Crippen LogP contribution is -2.07. The normalized spacial score (nSPS) is 12.2. The predicted molar refractivity (Wildman–Crippen MR) is 73.9 cm³/mol. The van der Waals surface area contributed by atoms with Gasteiger partial charge in [-0.25, -0.2) is 4.99 Å². The number of hydrogen-bond donors (Lipinski definition) is 0. The van der Waals surface area contributed by atoms with Gasteiger partial charge in [-0.3, -0.25) is 4.99 Å². The maximum atomic E-state index is 4.62. The molecular weight excluding hydrogens is 248 g/mol. The van der Waals surface area contributed by atoms with Crippen LogP contribution in [0.25, 0.3) is 6.20 Å². The number of para-hydroxylation sites is 1. The van der Waals surface area contributed by atoms with Crippen LogP contribution in [0.3, 0.4) is 0 Å². The molecule has 18 heavy (non-hydrogen) atoms. The van der Waals surface area contributed by atoms with E-state index in [2.05, 4.69) is 40.3 Å². The lowest BCUT2D eigenvalue weighted by atomic mass is 10.1. The first-order valence-electron chi connectivity index (χ1n) is 5.28. The smallest absolute Gasteiger partial charge is 0.0723 e. The molecule has 0 aliphatic carbocycles. The summed E-state index contributed by atoms with van der Waals surface area (Å²) in [5.74, 6) is 0. The van der Waals surface area contributed by atoms with Crippen LogP contribution >= 0.6 is 12.4 Å². The highest BCUT2D eigenvalue weighted by molar-refractivity contribution is 5.86. The first-order chi connectivity index (χ1) is 7.93. The number of nitrogens with zero attached hydrogens (tertiary/aromatic N) is 2. The maximum absolute atomic E-state index is 4.62. The Kier molecular flexibility index (Phi) is 3.03. The Bertz CT molecular complexity index is 856. The maximum Gasteiger partial charge on any atom is 0.0723 e. The van der Waals surface area contributed by atoms with Gasteiger partial charge >= 0.3 is 0 Å². The predicted octanol–water partition coefficient (Wildman–Crippen LogP) is 1.01.